The molecule has 2 aliphatic rings. The fraction of sp³-hybridized carbons (Fsp3) is 0.611. The predicted octanol–water partition coefficient (Wildman–Crippen LogP) is 2.90. The molecule has 2 aliphatic carbocycles. The molecule has 2 fully saturated rings. The van der Waals surface area contributed by atoms with Gasteiger partial charge in [0, 0.05) is 12.6 Å². The molecule has 2 saturated carbocycles. The van der Waals surface area contributed by atoms with Crippen molar-refractivity contribution in [1.29, 1.82) is 0 Å². The lowest BCUT2D eigenvalue weighted by molar-refractivity contribution is 0.354. The van der Waals surface area contributed by atoms with Crippen molar-refractivity contribution in [2.24, 2.45) is 11.8 Å². The number of benzene rings is 1. The summed E-state index contributed by atoms with van der Waals surface area (Å²) >= 11 is 5.44. The Bertz CT molecular complexity index is 564. The van der Waals surface area contributed by atoms with Gasteiger partial charge in [-0.1, -0.05) is 12.5 Å². The van der Waals surface area contributed by atoms with Gasteiger partial charge in [-0.15, -0.1) is 0 Å². The van der Waals surface area contributed by atoms with Crippen LogP contribution in [0.25, 0.3) is 0 Å². The van der Waals surface area contributed by atoms with Crippen LogP contribution in [0.5, 0.6) is 11.5 Å². The van der Waals surface area contributed by atoms with E-state index in [0.717, 1.165) is 41.4 Å². The van der Waals surface area contributed by atoms with E-state index in [1.807, 2.05) is 12.1 Å². The van der Waals surface area contributed by atoms with E-state index in [2.05, 4.69) is 16.7 Å². The predicted molar refractivity (Wildman–Crippen MR) is 96.2 cm³/mol. The van der Waals surface area contributed by atoms with Gasteiger partial charge in [0.25, 0.3) is 0 Å². The number of hydrogen-bond donors (Lipinski definition) is 2. The second-order valence-electron chi connectivity index (χ2n) is 6.62. The third-order valence-electron chi connectivity index (χ3n) is 5.20. The molecule has 2 bridgehead atoms. The average Bonchev–Trinajstić information content (AvgIpc) is 3.17. The molecule has 0 amide bonds. The highest BCUT2D eigenvalue weighted by molar-refractivity contribution is 7.80. The molecule has 0 saturated heterocycles. The van der Waals surface area contributed by atoms with Crippen molar-refractivity contribution in [3.05, 3.63) is 23.8 Å². The summed E-state index contributed by atoms with van der Waals surface area (Å²) in [5.74, 6) is 3.31. The lowest BCUT2D eigenvalue weighted by Crippen LogP contribution is -2.44. The van der Waals surface area contributed by atoms with Crippen molar-refractivity contribution in [2.75, 3.05) is 20.8 Å². The molecule has 0 aromatic heterocycles. The minimum Gasteiger partial charge on any atom is -0.493 e. The van der Waals surface area contributed by atoms with Crippen LogP contribution in [0.4, 0.5) is 0 Å². The normalized spacial score (nSPS) is 25.2. The van der Waals surface area contributed by atoms with E-state index in [9.17, 15) is 0 Å². The van der Waals surface area contributed by atoms with E-state index < -0.39 is 0 Å². The molecule has 4 nitrogen and oxygen atoms in total. The van der Waals surface area contributed by atoms with Crippen molar-refractivity contribution in [1.82, 2.24) is 10.6 Å². The Morgan fingerprint density at radius 2 is 2.00 bits per heavy atom. The van der Waals surface area contributed by atoms with Gasteiger partial charge in [-0.25, -0.2) is 0 Å². The molecule has 3 atom stereocenters. The Hall–Kier alpha value is -1.49. The SMILES string of the molecule is COc1ccc(CCNC(=S)N[C@@H]2C[C@H]3CC[C@@H]2C3)cc1OC. The zero-order valence-corrected chi connectivity index (χ0v) is 14.7. The van der Waals surface area contributed by atoms with E-state index in [0.29, 0.717) is 6.04 Å². The first kappa shape index (κ1) is 16.4. The molecule has 0 aliphatic heterocycles. The van der Waals surface area contributed by atoms with Crippen LogP contribution in [0.15, 0.2) is 18.2 Å². The largest absolute Gasteiger partial charge is 0.493 e. The van der Waals surface area contributed by atoms with Gasteiger partial charge in [0.05, 0.1) is 14.2 Å². The van der Waals surface area contributed by atoms with E-state index in [1.165, 1.54) is 31.2 Å². The molecule has 0 spiro atoms. The summed E-state index contributed by atoms with van der Waals surface area (Å²) in [5.41, 5.74) is 1.21. The van der Waals surface area contributed by atoms with Crippen molar-refractivity contribution >= 4 is 17.3 Å². The van der Waals surface area contributed by atoms with Gasteiger partial charge < -0.3 is 20.1 Å². The summed E-state index contributed by atoms with van der Waals surface area (Å²) in [4.78, 5) is 0. The van der Waals surface area contributed by atoms with Crippen molar-refractivity contribution in [3.63, 3.8) is 0 Å². The molecule has 1 aromatic carbocycles. The Kier molecular flexibility index (Phi) is 5.26. The lowest BCUT2D eigenvalue weighted by atomic mass is 9.96. The Morgan fingerprint density at radius 3 is 2.65 bits per heavy atom. The average molecular weight is 334 g/mol. The molecule has 5 heteroatoms. The van der Waals surface area contributed by atoms with Crippen molar-refractivity contribution < 1.29 is 9.47 Å². The van der Waals surface area contributed by atoms with Crippen LogP contribution in [0, 0.1) is 11.8 Å². The number of nitrogens with one attached hydrogen (secondary N) is 2. The van der Waals surface area contributed by atoms with Gasteiger partial charge in [0.15, 0.2) is 16.6 Å². The standard InChI is InChI=1S/C18H26N2O2S/c1-21-16-6-4-12(11-17(16)22-2)7-8-19-18(23)20-15-10-13-3-5-14(15)9-13/h4,6,11,13-15H,3,5,7-10H2,1-2H3,(H2,19,20,23)/t13-,14+,15+/m0/s1. The second kappa shape index (κ2) is 7.39. The van der Waals surface area contributed by atoms with Crippen LogP contribution in [-0.2, 0) is 6.42 Å². The van der Waals surface area contributed by atoms with Crippen molar-refractivity contribution in [3.8, 4) is 11.5 Å². The van der Waals surface area contributed by atoms with E-state index in [4.69, 9.17) is 21.7 Å². The minimum atomic E-state index is 0.592. The first-order valence-corrected chi connectivity index (χ1v) is 8.85. The van der Waals surface area contributed by atoms with Gasteiger partial charge in [-0.3, -0.25) is 0 Å². The highest BCUT2D eigenvalue weighted by atomic mass is 32.1. The van der Waals surface area contributed by atoms with Gasteiger partial charge in [-0.2, -0.15) is 0 Å². The Morgan fingerprint density at radius 1 is 1.17 bits per heavy atom. The van der Waals surface area contributed by atoms with Crippen LogP contribution in [0.3, 0.4) is 0 Å². The zero-order chi connectivity index (χ0) is 16.2. The topological polar surface area (TPSA) is 42.5 Å². The Labute approximate surface area is 143 Å². The third-order valence-corrected chi connectivity index (χ3v) is 5.46. The lowest BCUT2D eigenvalue weighted by Gasteiger charge is -2.24. The van der Waals surface area contributed by atoms with Crippen molar-refractivity contribution in [2.45, 2.75) is 38.1 Å². The maximum Gasteiger partial charge on any atom is 0.166 e. The first-order valence-electron chi connectivity index (χ1n) is 8.45. The van der Waals surface area contributed by atoms with Gasteiger partial charge in [0.2, 0.25) is 0 Å². The van der Waals surface area contributed by atoms with Crippen LogP contribution in [-0.4, -0.2) is 31.9 Å². The summed E-state index contributed by atoms with van der Waals surface area (Å²) in [6.45, 7) is 0.822. The summed E-state index contributed by atoms with van der Waals surface area (Å²) < 4.78 is 10.6. The summed E-state index contributed by atoms with van der Waals surface area (Å²) in [5, 5.41) is 7.64. The number of fused-ring (bicyclic) bond motifs is 2. The van der Waals surface area contributed by atoms with E-state index >= 15 is 0 Å². The van der Waals surface area contributed by atoms with Gasteiger partial charge in [0.1, 0.15) is 0 Å². The van der Waals surface area contributed by atoms with Crippen LogP contribution in [0.2, 0.25) is 0 Å². The highest BCUT2D eigenvalue weighted by Gasteiger charge is 2.39. The molecule has 0 radical (unpaired) electrons. The second-order valence-corrected chi connectivity index (χ2v) is 7.03. The first-order chi connectivity index (χ1) is 11.2. The maximum absolute atomic E-state index is 5.44. The number of thiocarbonyl (C=S) groups is 1. The Balaban J connectivity index is 1.43. The van der Waals surface area contributed by atoms with E-state index in [-0.39, 0.29) is 0 Å². The molecule has 126 valence electrons. The number of methoxy groups -OCH3 is 2. The molecule has 23 heavy (non-hydrogen) atoms. The number of ether oxygens (including phenoxy) is 2. The molecular formula is C18H26N2O2S. The summed E-state index contributed by atoms with van der Waals surface area (Å²) in [7, 11) is 3.31. The smallest absolute Gasteiger partial charge is 0.166 e. The third kappa shape index (κ3) is 3.89. The molecule has 3 rings (SSSR count). The fourth-order valence-corrected chi connectivity index (χ4v) is 4.25. The van der Waals surface area contributed by atoms with Crippen LogP contribution >= 0.6 is 12.2 Å². The van der Waals surface area contributed by atoms with E-state index in [1.54, 1.807) is 14.2 Å². The number of hydrogen-bond acceptors (Lipinski definition) is 3. The van der Waals surface area contributed by atoms with Gasteiger partial charge >= 0.3 is 0 Å². The van der Waals surface area contributed by atoms with Crippen LogP contribution < -0.4 is 20.1 Å². The number of rotatable bonds is 6. The summed E-state index contributed by atoms with van der Waals surface area (Å²) in [6.07, 6.45) is 6.38. The summed E-state index contributed by atoms with van der Waals surface area (Å²) in [6, 6.07) is 6.62. The molecular weight excluding hydrogens is 308 g/mol. The molecule has 0 heterocycles. The maximum atomic E-state index is 5.44. The quantitative estimate of drug-likeness (QED) is 0.783. The molecule has 1 aromatic rings. The zero-order valence-electron chi connectivity index (χ0n) is 13.9. The van der Waals surface area contributed by atoms with Crippen LogP contribution in [0.1, 0.15) is 31.2 Å². The monoisotopic (exact) mass is 334 g/mol. The minimum absolute atomic E-state index is 0.592. The highest BCUT2D eigenvalue weighted by Crippen LogP contribution is 2.44. The molecule has 0 unspecified atom stereocenters. The molecule has 2 N–H and O–H groups in total. The van der Waals surface area contributed by atoms with Gasteiger partial charge in [-0.05, 0) is 67.4 Å². The fourth-order valence-electron chi connectivity index (χ4n) is 4.00.